The molecule has 1 aromatic carbocycles. The fourth-order valence-electron chi connectivity index (χ4n) is 2.44. The second-order valence-corrected chi connectivity index (χ2v) is 6.20. The largest absolute Gasteiger partial charge is 0.481 e. The number of hydrogen-bond donors (Lipinski definition) is 1. The van der Waals surface area contributed by atoms with Crippen molar-refractivity contribution in [3.05, 3.63) is 36.0 Å². The van der Waals surface area contributed by atoms with Crippen LogP contribution in [0.5, 0.6) is 0 Å². The summed E-state index contributed by atoms with van der Waals surface area (Å²) in [5.41, 5.74) is 2.53. The minimum atomic E-state index is -0.715. The Bertz CT molecular complexity index is 577. The van der Waals surface area contributed by atoms with E-state index in [1.807, 2.05) is 17.8 Å². The molecule has 0 aliphatic heterocycles. The number of benzene rings is 1. The molecule has 0 fully saturated rings. The maximum absolute atomic E-state index is 10.6. The molecule has 4 heteroatoms. The summed E-state index contributed by atoms with van der Waals surface area (Å²) < 4.78 is 2.30. The van der Waals surface area contributed by atoms with Crippen LogP contribution in [0.15, 0.2) is 30.5 Å². The Morgan fingerprint density at radius 1 is 1.35 bits per heavy atom. The number of carboxylic acid groups (broad SMARTS) is 1. The van der Waals surface area contributed by atoms with Gasteiger partial charge in [-0.05, 0) is 30.2 Å². The highest BCUT2D eigenvalue weighted by molar-refractivity contribution is 7.99. The second-order valence-electron chi connectivity index (χ2n) is 4.81. The Hall–Kier alpha value is -1.42. The van der Waals surface area contributed by atoms with Crippen LogP contribution >= 0.6 is 11.8 Å². The smallest absolute Gasteiger partial charge is 0.303 e. The van der Waals surface area contributed by atoms with Crippen LogP contribution in [0.1, 0.15) is 25.3 Å². The van der Waals surface area contributed by atoms with Crippen LogP contribution < -0.4 is 0 Å². The third-order valence-electron chi connectivity index (χ3n) is 3.39. The van der Waals surface area contributed by atoms with E-state index in [0.717, 1.165) is 24.5 Å². The maximum Gasteiger partial charge on any atom is 0.303 e. The molecule has 0 radical (unpaired) electrons. The highest BCUT2D eigenvalue weighted by Gasteiger charge is 2.08. The normalized spacial score (nSPS) is 11.1. The molecule has 0 aliphatic rings. The minimum Gasteiger partial charge on any atom is -0.481 e. The van der Waals surface area contributed by atoms with Gasteiger partial charge in [0.05, 0.1) is 0 Å². The number of thioether (sulfide) groups is 1. The molecule has 3 nitrogen and oxygen atoms in total. The van der Waals surface area contributed by atoms with E-state index in [4.69, 9.17) is 5.11 Å². The van der Waals surface area contributed by atoms with Crippen molar-refractivity contribution in [2.45, 2.75) is 32.7 Å². The fraction of sp³-hybridized carbons (Fsp3) is 0.438. The van der Waals surface area contributed by atoms with Crippen molar-refractivity contribution in [2.24, 2.45) is 0 Å². The molecule has 1 aromatic heterocycles. The number of para-hydroxylation sites is 1. The number of aryl methyl sites for hydroxylation is 2. The molecule has 2 rings (SSSR count). The Balaban J connectivity index is 2.14. The lowest BCUT2D eigenvalue weighted by Gasteiger charge is -2.03. The molecule has 0 saturated carbocycles. The molecule has 1 heterocycles. The average Bonchev–Trinajstić information content (AvgIpc) is 2.78. The van der Waals surface area contributed by atoms with E-state index in [1.165, 1.54) is 16.5 Å². The molecule has 0 atom stereocenters. The maximum atomic E-state index is 10.6. The third-order valence-corrected chi connectivity index (χ3v) is 4.27. The molecule has 0 amide bonds. The number of fused-ring (bicyclic) bond motifs is 1. The Morgan fingerprint density at radius 3 is 2.90 bits per heavy atom. The zero-order valence-electron chi connectivity index (χ0n) is 11.8. The number of rotatable bonds is 8. The highest BCUT2D eigenvalue weighted by Crippen LogP contribution is 2.23. The zero-order chi connectivity index (χ0) is 14.4. The fourth-order valence-corrected chi connectivity index (χ4v) is 3.06. The van der Waals surface area contributed by atoms with Gasteiger partial charge in [-0.3, -0.25) is 4.79 Å². The van der Waals surface area contributed by atoms with Gasteiger partial charge in [0.15, 0.2) is 0 Å². The van der Waals surface area contributed by atoms with Crippen LogP contribution in [0.3, 0.4) is 0 Å². The van der Waals surface area contributed by atoms with Crippen molar-refractivity contribution >= 4 is 28.6 Å². The molecule has 0 unspecified atom stereocenters. The molecule has 0 aliphatic carbocycles. The molecule has 0 bridgehead atoms. The van der Waals surface area contributed by atoms with E-state index in [0.29, 0.717) is 6.42 Å². The summed E-state index contributed by atoms with van der Waals surface area (Å²) in [4.78, 5) is 10.6. The van der Waals surface area contributed by atoms with Gasteiger partial charge in [0, 0.05) is 35.8 Å². The molecule has 2 aromatic rings. The van der Waals surface area contributed by atoms with Crippen molar-refractivity contribution in [2.75, 3.05) is 11.5 Å². The quantitative estimate of drug-likeness (QED) is 0.752. The van der Waals surface area contributed by atoms with Crippen LogP contribution in [0.25, 0.3) is 10.9 Å². The van der Waals surface area contributed by atoms with Gasteiger partial charge in [0.1, 0.15) is 0 Å². The topological polar surface area (TPSA) is 42.2 Å². The lowest BCUT2D eigenvalue weighted by Crippen LogP contribution is -1.99. The zero-order valence-corrected chi connectivity index (χ0v) is 12.7. The van der Waals surface area contributed by atoms with E-state index in [2.05, 4.69) is 35.9 Å². The predicted molar refractivity (Wildman–Crippen MR) is 85.5 cm³/mol. The first kappa shape index (κ1) is 15.0. The molecular formula is C16H21NO2S. The predicted octanol–water partition coefficient (Wildman–Crippen LogP) is 3.80. The summed E-state index contributed by atoms with van der Waals surface area (Å²) in [6, 6.07) is 8.39. The van der Waals surface area contributed by atoms with Gasteiger partial charge >= 0.3 is 5.97 Å². The Morgan fingerprint density at radius 2 is 2.15 bits per heavy atom. The molecule has 0 saturated heterocycles. The summed E-state index contributed by atoms with van der Waals surface area (Å²) in [7, 11) is 0. The number of nitrogens with zero attached hydrogens (tertiary/aromatic N) is 1. The van der Waals surface area contributed by atoms with Crippen molar-refractivity contribution < 1.29 is 9.90 Å². The number of aromatic nitrogens is 1. The van der Waals surface area contributed by atoms with Gasteiger partial charge in [0.2, 0.25) is 0 Å². The van der Waals surface area contributed by atoms with Crippen molar-refractivity contribution in [1.29, 1.82) is 0 Å². The second kappa shape index (κ2) is 7.39. The number of carboxylic acids is 1. The third kappa shape index (κ3) is 3.79. The van der Waals surface area contributed by atoms with E-state index < -0.39 is 5.97 Å². The Labute approximate surface area is 124 Å². The highest BCUT2D eigenvalue weighted by atomic mass is 32.2. The summed E-state index contributed by atoms with van der Waals surface area (Å²) in [5, 5.41) is 10.0. The van der Waals surface area contributed by atoms with E-state index in [9.17, 15) is 4.79 Å². The van der Waals surface area contributed by atoms with Crippen LogP contribution in [0.4, 0.5) is 0 Å². The summed E-state index contributed by atoms with van der Waals surface area (Å²) in [6.45, 7) is 3.19. The first-order valence-electron chi connectivity index (χ1n) is 7.08. The van der Waals surface area contributed by atoms with Gasteiger partial charge in [-0.2, -0.15) is 11.8 Å². The average molecular weight is 291 g/mol. The standard InChI is InChI=1S/C16H21NO2S/c1-2-20-11-10-17-12-13(6-5-9-16(18)19)14-7-3-4-8-15(14)17/h3-4,7-8,12H,2,5-6,9-11H2,1H3,(H,18,19). The first-order chi connectivity index (χ1) is 9.72. The van der Waals surface area contributed by atoms with Gasteiger partial charge < -0.3 is 9.67 Å². The molecule has 1 N–H and O–H groups in total. The summed E-state index contributed by atoms with van der Waals surface area (Å²) in [6.07, 6.45) is 3.97. The van der Waals surface area contributed by atoms with Gasteiger partial charge in [-0.25, -0.2) is 0 Å². The summed E-state index contributed by atoms with van der Waals surface area (Å²) in [5.74, 6) is 1.54. The van der Waals surface area contributed by atoms with Crippen molar-refractivity contribution in [1.82, 2.24) is 4.57 Å². The lowest BCUT2D eigenvalue weighted by molar-refractivity contribution is -0.137. The summed E-state index contributed by atoms with van der Waals surface area (Å²) >= 11 is 1.94. The molecule has 20 heavy (non-hydrogen) atoms. The van der Waals surface area contributed by atoms with Crippen LogP contribution in [-0.4, -0.2) is 27.1 Å². The van der Waals surface area contributed by atoms with Gasteiger partial charge in [-0.1, -0.05) is 25.1 Å². The molecule has 0 spiro atoms. The van der Waals surface area contributed by atoms with Crippen molar-refractivity contribution in [3.63, 3.8) is 0 Å². The van der Waals surface area contributed by atoms with Crippen LogP contribution in [0, 0.1) is 0 Å². The Kier molecular flexibility index (Phi) is 5.53. The SMILES string of the molecule is CCSCCn1cc(CCCC(=O)O)c2ccccc21. The minimum absolute atomic E-state index is 0.241. The van der Waals surface area contributed by atoms with Crippen LogP contribution in [0.2, 0.25) is 0 Å². The monoisotopic (exact) mass is 291 g/mol. The van der Waals surface area contributed by atoms with Gasteiger partial charge in [-0.15, -0.1) is 0 Å². The number of carbonyl (C=O) groups is 1. The molecular weight excluding hydrogens is 270 g/mol. The van der Waals surface area contributed by atoms with E-state index in [-0.39, 0.29) is 6.42 Å². The number of aliphatic carboxylic acids is 1. The van der Waals surface area contributed by atoms with Crippen molar-refractivity contribution in [3.8, 4) is 0 Å². The molecule has 108 valence electrons. The lowest BCUT2D eigenvalue weighted by atomic mass is 10.1. The van der Waals surface area contributed by atoms with Gasteiger partial charge in [0.25, 0.3) is 0 Å². The first-order valence-corrected chi connectivity index (χ1v) is 8.24. The van der Waals surface area contributed by atoms with E-state index in [1.54, 1.807) is 0 Å². The van der Waals surface area contributed by atoms with E-state index >= 15 is 0 Å². The number of hydrogen-bond acceptors (Lipinski definition) is 2. The van der Waals surface area contributed by atoms with Crippen LogP contribution in [-0.2, 0) is 17.8 Å².